The fourth-order valence-electron chi connectivity index (χ4n) is 2.73. The number of carboxylic acid groups (broad SMARTS) is 1. The van der Waals surface area contributed by atoms with Gasteiger partial charge in [-0.15, -0.1) is 6.58 Å². The molecule has 0 amide bonds. The highest BCUT2D eigenvalue weighted by atomic mass is 16.4. The molecule has 0 aromatic carbocycles. The molecule has 1 aliphatic carbocycles. The van der Waals surface area contributed by atoms with Crippen LogP contribution in [0.5, 0.6) is 0 Å². The van der Waals surface area contributed by atoms with Crippen LogP contribution in [0.1, 0.15) is 58.3 Å². The Bertz CT molecular complexity index is 257. The van der Waals surface area contributed by atoms with E-state index in [4.69, 9.17) is 5.11 Å². The molecular formula is C15H27NO2. The highest BCUT2D eigenvalue weighted by molar-refractivity contribution is 5.70. The van der Waals surface area contributed by atoms with Crippen molar-refractivity contribution in [1.29, 1.82) is 0 Å². The number of carboxylic acids is 1. The van der Waals surface area contributed by atoms with Gasteiger partial charge < -0.3 is 10.4 Å². The van der Waals surface area contributed by atoms with Crippen LogP contribution in [-0.2, 0) is 4.79 Å². The first-order chi connectivity index (χ1) is 8.63. The molecule has 0 saturated heterocycles. The van der Waals surface area contributed by atoms with Crippen molar-refractivity contribution in [2.45, 2.75) is 70.4 Å². The van der Waals surface area contributed by atoms with E-state index >= 15 is 0 Å². The van der Waals surface area contributed by atoms with Crippen molar-refractivity contribution in [3.63, 3.8) is 0 Å². The van der Waals surface area contributed by atoms with E-state index in [0.717, 1.165) is 32.1 Å². The number of unbranched alkanes of at least 4 members (excludes halogenated alkanes) is 2. The van der Waals surface area contributed by atoms with E-state index in [-0.39, 0.29) is 5.92 Å². The molecule has 1 unspecified atom stereocenters. The van der Waals surface area contributed by atoms with Gasteiger partial charge in [-0.3, -0.25) is 4.79 Å². The van der Waals surface area contributed by atoms with E-state index in [0.29, 0.717) is 12.1 Å². The topological polar surface area (TPSA) is 49.3 Å². The van der Waals surface area contributed by atoms with Gasteiger partial charge in [0.15, 0.2) is 0 Å². The van der Waals surface area contributed by atoms with E-state index in [1.54, 1.807) is 0 Å². The molecule has 0 radical (unpaired) electrons. The number of hydrogen-bond donors (Lipinski definition) is 2. The summed E-state index contributed by atoms with van der Waals surface area (Å²) in [6.07, 6.45) is 10.4. The number of carbonyl (C=O) groups is 1. The zero-order chi connectivity index (χ0) is 13.4. The lowest BCUT2D eigenvalue weighted by Gasteiger charge is -2.29. The fraction of sp³-hybridized carbons (Fsp3) is 0.800. The summed E-state index contributed by atoms with van der Waals surface area (Å²) >= 11 is 0. The molecule has 2 N–H and O–H groups in total. The van der Waals surface area contributed by atoms with Crippen LogP contribution in [0.15, 0.2) is 12.7 Å². The summed E-state index contributed by atoms with van der Waals surface area (Å²) in [6.45, 7) is 5.96. The summed E-state index contributed by atoms with van der Waals surface area (Å²) in [5, 5.41) is 12.6. The smallest absolute Gasteiger partial charge is 0.306 e. The van der Waals surface area contributed by atoms with Crippen LogP contribution in [0.4, 0.5) is 0 Å². The van der Waals surface area contributed by atoms with Crippen molar-refractivity contribution in [3.8, 4) is 0 Å². The average Bonchev–Trinajstić information content (AvgIpc) is 2.35. The van der Waals surface area contributed by atoms with Crippen LogP contribution in [0.2, 0.25) is 0 Å². The predicted octanol–water partition coefficient (Wildman–Crippen LogP) is 3.35. The monoisotopic (exact) mass is 253 g/mol. The van der Waals surface area contributed by atoms with Crippen LogP contribution in [-0.4, -0.2) is 23.2 Å². The van der Waals surface area contributed by atoms with E-state index < -0.39 is 5.97 Å². The Balaban J connectivity index is 2.12. The van der Waals surface area contributed by atoms with E-state index in [2.05, 4.69) is 18.8 Å². The molecule has 0 aromatic heterocycles. The van der Waals surface area contributed by atoms with Gasteiger partial charge in [0, 0.05) is 12.1 Å². The summed E-state index contributed by atoms with van der Waals surface area (Å²) in [6, 6.07) is 1.07. The van der Waals surface area contributed by atoms with Crippen LogP contribution in [0.25, 0.3) is 0 Å². The molecule has 1 saturated carbocycles. The molecule has 1 aliphatic rings. The Morgan fingerprint density at radius 1 is 1.39 bits per heavy atom. The Morgan fingerprint density at radius 2 is 2.06 bits per heavy atom. The average molecular weight is 253 g/mol. The summed E-state index contributed by atoms with van der Waals surface area (Å²) in [7, 11) is 0. The van der Waals surface area contributed by atoms with Crippen LogP contribution in [0, 0.1) is 5.92 Å². The number of rotatable bonds is 8. The third-order valence-corrected chi connectivity index (χ3v) is 3.89. The molecule has 104 valence electrons. The lowest BCUT2D eigenvalue weighted by Crippen LogP contribution is -2.40. The number of nitrogens with one attached hydrogen (secondary N) is 1. The second kappa shape index (κ2) is 8.30. The molecule has 0 spiro atoms. The third-order valence-electron chi connectivity index (χ3n) is 3.89. The molecule has 0 aromatic rings. The molecule has 0 aliphatic heterocycles. The van der Waals surface area contributed by atoms with Gasteiger partial charge in [-0.25, -0.2) is 0 Å². The Labute approximate surface area is 111 Å². The first-order valence-corrected chi connectivity index (χ1v) is 7.23. The standard InChI is InChI=1S/C15H27NO2/c1-3-4-5-6-7-12(2)16-14-10-8-13(9-11-14)15(17)18/h3,12-14,16H,1,4-11H2,2H3,(H,17,18). The fourth-order valence-corrected chi connectivity index (χ4v) is 2.73. The van der Waals surface area contributed by atoms with Crippen LogP contribution in [0.3, 0.4) is 0 Å². The van der Waals surface area contributed by atoms with Gasteiger partial charge >= 0.3 is 5.97 Å². The first-order valence-electron chi connectivity index (χ1n) is 7.23. The molecule has 3 heteroatoms. The van der Waals surface area contributed by atoms with Gasteiger partial charge in [-0.1, -0.05) is 12.5 Å². The highest BCUT2D eigenvalue weighted by Crippen LogP contribution is 2.24. The van der Waals surface area contributed by atoms with Gasteiger partial charge in [0.05, 0.1) is 5.92 Å². The molecule has 1 fully saturated rings. The molecular weight excluding hydrogens is 226 g/mol. The van der Waals surface area contributed by atoms with Crippen molar-refractivity contribution in [2.24, 2.45) is 5.92 Å². The second-order valence-electron chi connectivity index (χ2n) is 5.53. The van der Waals surface area contributed by atoms with Gasteiger partial charge in [0.25, 0.3) is 0 Å². The summed E-state index contributed by atoms with van der Waals surface area (Å²) < 4.78 is 0. The normalized spacial score (nSPS) is 25.6. The highest BCUT2D eigenvalue weighted by Gasteiger charge is 2.26. The minimum Gasteiger partial charge on any atom is -0.481 e. The molecule has 0 bridgehead atoms. The van der Waals surface area contributed by atoms with E-state index in [1.165, 1.54) is 19.3 Å². The van der Waals surface area contributed by atoms with Crippen molar-refractivity contribution in [2.75, 3.05) is 0 Å². The molecule has 0 heterocycles. The maximum Gasteiger partial charge on any atom is 0.306 e. The Morgan fingerprint density at radius 3 is 2.61 bits per heavy atom. The van der Waals surface area contributed by atoms with Crippen LogP contribution < -0.4 is 5.32 Å². The zero-order valence-electron chi connectivity index (χ0n) is 11.5. The largest absolute Gasteiger partial charge is 0.481 e. The van der Waals surface area contributed by atoms with Gasteiger partial charge in [0.1, 0.15) is 0 Å². The quantitative estimate of drug-likeness (QED) is 0.515. The van der Waals surface area contributed by atoms with Crippen LogP contribution >= 0.6 is 0 Å². The maximum absolute atomic E-state index is 10.9. The number of hydrogen-bond acceptors (Lipinski definition) is 2. The lowest BCUT2D eigenvalue weighted by atomic mass is 9.86. The zero-order valence-corrected chi connectivity index (χ0v) is 11.5. The number of aliphatic carboxylic acids is 1. The van der Waals surface area contributed by atoms with Gasteiger partial charge in [0.2, 0.25) is 0 Å². The Hall–Kier alpha value is -0.830. The second-order valence-corrected chi connectivity index (χ2v) is 5.53. The van der Waals surface area contributed by atoms with Crippen molar-refractivity contribution in [3.05, 3.63) is 12.7 Å². The molecule has 1 atom stereocenters. The third kappa shape index (κ3) is 5.67. The summed E-state index contributed by atoms with van der Waals surface area (Å²) in [4.78, 5) is 10.9. The molecule has 18 heavy (non-hydrogen) atoms. The van der Waals surface area contributed by atoms with E-state index in [9.17, 15) is 4.79 Å². The van der Waals surface area contributed by atoms with E-state index in [1.807, 2.05) is 6.08 Å². The minimum absolute atomic E-state index is 0.106. The first kappa shape index (κ1) is 15.2. The van der Waals surface area contributed by atoms with Gasteiger partial charge in [-0.2, -0.15) is 0 Å². The van der Waals surface area contributed by atoms with Crippen molar-refractivity contribution < 1.29 is 9.90 Å². The predicted molar refractivity (Wildman–Crippen MR) is 74.6 cm³/mol. The summed E-state index contributed by atoms with van der Waals surface area (Å²) in [5.41, 5.74) is 0. The minimum atomic E-state index is -0.620. The van der Waals surface area contributed by atoms with Gasteiger partial charge in [-0.05, 0) is 51.9 Å². The lowest BCUT2D eigenvalue weighted by molar-refractivity contribution is -0.142. The molecule has 3 nitrogen and oxygen atoms in total. The summed E-state index contributed by atoms with van der Waals surface area (Å²) in [5.74, 6) is -0.725. The van der Waals surface area contributed by atoms with Crippen molar-refractivity contribution >= 4 is 5.97 Å². The van der Waals surface area contributed by atoms with Crippen molar-refractivity contribution in [1.82, 2.24) is 5.32 Å². The maximum atomic E-state index is 10.9. The SMILES string of the molecule is C=CCCCCC(C)NC1CCC(C(=O)O)CC1. The molecule has 1 rings (SSSR count). The number of allylic oxidation sites excluding steroid dienone is 1. The Kier molecular flexibility index (Phi) is 7.02.